The van der Waals surface area contributed by atoms with Crippen LogP contribution in [0.1, 0.15) is 65.5 Å². The molecule has 0 aromatic heterocycles. The summed E-state index contributed by atoms with van der Waals surface area (Å²) in [7, 11) is 0. The van der Waals surface area contributed by atoms with Gasteiger partial charge in [0.25, 0.3) is 0 Å². The molecule has 0 aliphatic heterocycles. The summed E-state index contributed by atoms with van der Waals surface area (Å²) in [6, 6.07) is 54.4. The van der Waals surface area contributed by atoms with Crippen LogP contribution < -0.4 is 9.80 Å². The van der Waals surface area contributed by atoms with E-state index in [1.165, 1.54) is 86.8 Å². The predicted molar refractivity (Wildman–Crippen MR) is 205 cm³/mol. The highest BCUT2D eigenvalue weighted by Crippen LogP contribution is 2.54. The molecule has 2 nitrogen and oxygen atoms in total. The highest BCUT2D eigenvalue weighted by Gasteiger charge is 2.41. The summed E-state index contributed by atoms with van der Waals surface area (Å²) in [5.41, 5.74) is 14.9. The monoisotopic (exact) mass is 626 g/mol. The summed E-state index contributed by atoms with van der Waals surface area (Å²) in [6.45, 7) is 8.65. The maximum atomic E-state index is 2.48. The fraction of sp³-hybridized carbons (Fsp3) is 0.217. The molecule has 0 bridgehead atoms. The molecule has 6 aromatic rings. The van der Waals surface area contributed by atoms with E-state index in [1.807, 2.05) is 0 Å². The number of hydrogen-bond acceptors (Lipinski definition) is 2. The minimum atomic E-state index is -0.174. The van der Waals surface area contributed by atoms with E-state index < -0.39 is 0 Å². The van der Waals surface area contributed by atoms with Gasteiger partial charge in [-0.25, -0.2) is 0 Å². The van der Waals surface area contributed by atoms with Crippen LogP contribution in [-0.4, -0.2) is 0 Å². The lowest BCUT2D eigenvalue weighted by Gasteiger charge is -2.44. The number of anilines is 6. The topological polar surface area (TPSA) is 6.48 Å². The molecule has 48 heavy (non-hydrogen) atoms. The smallest absolute Gasteiger partial charge is 0.0502 e. The van der Waals surface area contributed by atoms with Crippen LogP contribution in [0.2, 0.25) is 0 Å². The lowest BCUT2D eigenvalue weighted by atomic mass is 9.64. The zero-order valence-electron chi connectivity index (χ0n) is 28.8. The van der Waals surface area contributed by atoms with Crippen molar-refractivity contribution >= 4 is 34.1 Å². The molecule has 1 aliphatic rings. The van der Waals surface area contributed by atoms with Crippen LogP contribution in [0.25, 0.3) is 0 Å². The third-order valence-electron chi connectivity index (χ3n) is 10.2. The normalized spacial score (nSPS) is 14.0. The lowest BCUT2D eigenvalue weighted by Crippen LogP contribution is -2.34. The second kappa shape index (κ2) is 13.6. The van der Waals surface area contributed by atoms with Crippen molar-refractivity contribution in [3.05, 3.63) is 179 Å². The lowest BCUT2D eigenvalue weighted by molar-refractivity contribution is 0.347. The van der Waals surface area contributed by atoms with E-state index in [4.69, 9.17) is 0 Å². The van der Waals surface area contributed by atoms with Crippen LogP contribution in [0, 0.1) is 27.7 Å². The van der Waals surface area contributed by atoms with Crippen LogP contribution in [-0.2, 0) is 5.41 Å². The van der Waals surface area contributed by atoms with Crippen molar-refractivity contribution in [3.8, 4) is 0 Å². The summed E-state index contributed by atoms with van der Waals surface area (Å²) >= 11 is 0. The zero-order chi connectivity index (χ0) is 33.1. The van der Waals surface area contributed by atoms with Crippen molar-refractivity contribution in [3.63, 3.8) is 0 Å². The fourth-order valence-corrected chi connectivity index (χ4v) is 7.62. The van der Waals surface area contributed by atoms with Gasteiger partial charge in [0.1, 0.15) is 0 Å². The molecule has 240 valence electrons. The summed E-state index contributed by atoms with van der Waals surface area (Å²) in [4.78, 5) is 4.95. The first-order chi connectivity index (χ1) is 23.4. The third kappa shape index (κ3) is 6.16. The molecular weight excluding hydrogens is 581 g/mol. The Morgan fingerprint density at radius 3 is 0.958 bits per heavy atom. The molecule has 0 atom stereocenters. The molecule has 0 amide bonds. The summed E-state index contributed by atoms with van der Waals surface area (Å²) in [5, 5.41) is 0. The first-order valence-corrected chi connectivity index (χ1v) is 17.5. The van der Waals surface area contributed by atoms with Crippen molar-refractivity contribution in [2.75, 3.05) is 9.80 Å². The highest BCUT2D eigenvalue weighted by atomic mass is 15.2. The molecular formula is C46H46N2. The van der Waals surface area contributed by atoms with Crippen LogP contribution in [0.15, 0.2) is 146 Å². The van der Waals surface area contributed by atoms with Crippen LogP contribution in [0.3, 0.4) is 0 Å². The van der Waals surface area contributed by atoms with Crippen molar-refractivity contribution in [2.45, 2.75) is 65.2 Å². The first kappa shape index (κ1) is 31.5. The zero-order valence-corrected chi connectivity index (χ0v) is 28.8. The largest absolute Gasteiger partial charge is 0.310 e. The maximum absolute atomic E-state index is 2.48. The Morgan fingerprint density at radius 1 is 0.354 bits per heavy atom. The minimum absolute atomic E-state index is 0.174. The number of aryl methyl sites for hydroxylation is 4. The number of nitrogens with zero attached hydrogens (tertiary/aromatic N) is 2. The van der Waals surface area contributed by atoms with Gasteiger partial charge < -0.3 is 9.80 Å². The number of para-hydroxylation sites is 2. The summed E-state index contributed by atoms with van der Waals surface area (Å²) in [6.07, 6.45) is 5.88. The van der Waals surface area contributed by atoms with Gasteiger partial charge in [0.05, 0.1) is 11.4 Å². The molecule has 1 saturated carbocycles. The maximum Gasteiger partial charge on any atom is 0.0502 e. The number of hydrogen-bond donors (Lipinski definition) is 0. The summed E-state index contributed by atoms with van der Waals surface area (Å²) < 4.78 is 0. The van der Waals surface area contributed by atoms with E-state index in [9.17, 15) is 0 Å². The van der Waals surface area contributed by atoms with Gasteiger partial charge in [-0.3, -0.25) is 0 Å². The second-order valence-electron chi connectivity index (χ2n) is 13.7. The molecule has 6 aromatic carbocycles. The molecule has 0 saturated heterocycles. The van der Waals surface area contributed by atoms with Crippen LogP contribution in [0.5, 0.6) is 0 Å². The molecule has 0 heterocycles. The quantitative estimate of drug-likeness (QED) is 0.166. The van der Waals surface area contributed by atoms with Crippen LogP contribution >= 0.6 is 0 Å². The van der Waals surface area contributed by atoms with Crippen molar-refractivity contribution in [1.29, 1.82) is 0 Å². The Labute approximate surface area is 287 Å². The van der Waals surface area contributed by atoms with Crippen molar-refractivity contribution < 1.29 is 0 Å². The Balaban J connectivity index is 1.47. The van der Waals surface area contributed by atoms with Crippen molar-refractivity contribution in [1.82, 2.24) is 0 Å². The van der Waals surface area contributed by atoms with Gasteiger partial charge in [-0.1, -0.05) is 126 Å². The van der Waals surface area contributed by atoms with Crippen molar-refractivity contribution in [2.24, 2.45) is 0 Å². The SMILES string of the molecule is Cc1ccc(N(c2ccc(C)cc2)c2ccccc2C2(c3ccccc3N(c3ccc(C)cc3)c3ccc(C)cc3)CCCCC2)cc1. The molecule has 0 unspecified atom stereocenters. The Bertz CT molecular complexity index is 1730. The second-order valence-corrected chi connectivity index (χ2v) is 13.7. The van der Waals surface area contributed by atoms with Gasteiger partial charge in [-0.15, -0.1) is 0 Å². The van der Waals surface area contributed by atoms with Gasteiger partial charge in [-0.2, -0.15) is 0 Å². The molecule has 0 spiro atoms. The van der Waals surface area contributed by atoms with Gasteiger partial charge >= 0.3 is 0 Å². The average Bonchev–Trinajstić information content (AvgIpc) is 3.12. The Hall–Kier alpha value is -5.08. The van der Waals surface area contributed by atoms with Gasteiger partial charge in [0.2, 0.25) is 0 Å². The predicted octanol–water partition coefficient (Wildman–Crippen LogP) is 13.1. The van der Waals surface area contributed by atoms with E-state index in [0.717, 1.165) is 12.8 Å². The molecule has 1 fully saturated rings. The molecule has 1 aliphatic carbocycles. The molecule has 0 N–H and O–H groups in total. The van der Waals surface area contributed by atoms with Crippen LogP contribution in [0.4, 0.5) is 34.1 Å². The van der Waals surface area contributed by atoms with E-state index in [0.29, 0.717) is 0 Å². The van der Waals surface area contributed by atoms with Gasteiger partial charge in [0, 0.05) is 28.2 Å². The standard InChI is InChI=1S/C46H46N2/c1-34-16-24-38(25-17-34)47(39-26-18-35(2)19-27-39)44-14-8-6-12-42(44)46(32-10-5-11-33-46)43-13-7-9-15-45(43)48(40-28-20-36(3)21-29-40)41-30-22-37(4)23-31-41/h6-9,12-31H,5,10-11,32-33H2,1-4H3. The average molecular weight is 627 g/mol. The highest BCUT2D eigenvalue weighted by molar-refractivity contribution is 5.83. The molecule has 2 heteroatoms. The minimum Gasteiger partial charge on any atom is -0.310 e. The van der Waals surface area contributed by atoms with E-state index in [1.54, 1.807) is 0 Å². The van der Waals surface area contributed by atoms with E-state index in [2.05, 4.69) is 183 Å². The Kier molecular flexibility index (Phi) is 8.91. The summed E-state index contributed by atoms with van der Waals surface area (Å²) in [5.74, 6) is 0. The fourth-order valence-electron chi connectivity index (χ4n) is 7.62. The van der Waals surface area contributed by atoms with Gasteiger partial charge in [0.15, 0.2) is 0 Å². The number of benzene rings is 6. The van der Waals surface area contributed by atoms with E-state index >= 15 is 0 Å². The molecule has 0 radical (unpaired) electrons. The Morgan fingerprint density at radius 2 is 0.646 bits per heavy atom. The van der Waals surface area contributed by atoms with E-state index in [-0.39, 0.29) is 5.41 Å². The molecule has 7 rings (SSSR count). The third-order valence-corrected chi connectivity index (χ3v) is 10.2. The number of rotatable bonds is 8. The van der Waals surface area contributed by atoms with Gasteiger partial charge in [-0.05, 0) is 112 Å². The first-order valence-electron chi connectivity index (χ1n) is 17.5.